The molecule has 0 aromatic carbocycles. The lowest BCUT2D eigenvalue weighted by Crippen LogP contribution is -2.11. The summed E-state index contributed by atoms with van der Waals surface area (Å²) in [6.07, 6.45) is 7.62. The van der Waals surface area contributed by atoms with Crippen LogP contribution in [0.25, 0.3) is 0 Å². The maximum absolute atomic E-state index is 9.10. The fourth-order valence-electron chi connectivity index (χ4n) is 1.82. The average Bonchev–Trinajstić information content (AvgIpc) is 2.19. The summed E-state index contributed by atoms with van der Waals surface area (Å²) >= 11 is 0. The molecule has 1 heteroatoms. The second-order valence-corrected chi connectivity index (χ2v) is 4.11. The fraction of sp³-hybridized carbons (Fsp3) is 1.00. The van der Waals surface area contributed by atoms with Gasteiger partial charge in [-0.2, -0.15) is 0 Å². The van der Waals surface area contributed by atoms with Gasteiger partial charge in [0.1, 0.15) is 0 Å². The van der Waals surface area contributed by atoms with Crippen LogP contribution in [0.3, 0.4) is 0 Å². The van der Waals surface area contributed by atoms with Crippen LogP contribution in [0.15, 0.2) is 0 Å². The summed E-state index contributed by atoms with van der Waals surface area (Å²) in [5, 5.41) is 9.10. The quantitative estimate of drug-likeness (QED) is 0.614. The Morgan fingerprint density at radius 2 is 1.62 bits per heavy atom. The summed E-state index contributed by atoms with van der Waals surface area (Å²) < 4.78 is 0. The fourth-order valence-corrected chi connectivity index (χ4v) is 1.82. The predicted molar refractivity (Wildman–Crippen MR) is 58.8 cm³/mol. The third-order valence-electron chi connectivity index (χ3n) is 3.05. The van der Waals surface area contributed by atoms with Gasteiger partial charge >= 0.3 is 0 Å². The number of hydrogen-bond donors (Lipinski definition) is 1. The van der Waals surface area contributed by atoms with Gasteiger partial charge in [-0.3, -0.25) is 0 Å². The van der Waals surface area contributed by atoms with Crippen LogP contribution in [0.1, 0.15) is 59.3 Å². The maximum atomic E-state index is 9.10. The molecule has 0 radical (unpaired) electrons. The van der Waals surface area contributed by atoms with Crippen LogP contribution in [0, 0.1) is 11.8 Å². The molecular weight excluding hydrogens is 160 g/mol. The third-order valence-corrected chi connectivity index (χ3v) is 3.05. The molecule has 2 atom stereocenters. The summed E-state index contributed by atoms with van der Waals surface area (Å²) in [4.78, 5) is 0. The van der Waals surface area contributed by atoms with Gasteiger partial charge in [-0.1, -0.05) is 52.9 Å². The van der Waals surface area contributed by atoms with Crippen LogP contribution in [-0.2, 0) is 0 Å². The Hall–Kier alpha value is -0.0400. The molecule has 13 heavy (non-hydrogen) atoms. The van der Waals surface area contributed by atoms with Crippen LogP contribution in [0.4, 0.5) is 0 Å². The number of unbranched alkanes of at least 4 members (excludes halogenated alkanes) is 1. The highest BCUT2D eigenvalue weighted by atomic mass is 16.3. The van der Waals surface area contributed by atoms with Crippen molar-refractivity contribution < 1.29 is 5.11 Å². The van der Waals surface area contributed by atoms with E-state index in [0.29, 0.717) is 12.5 Å². The molecule has 2 unspecified atom stereocenters. The van der Waals surface area contributed by atoms with Crippen molar-refractivity contribution in [2.75, 3.05) is 6.61 Å². The first-order valence-corrected chi connectivity index (χ1v) is 5.89. The molecule has 0 saturated carbocycles. The second-order valence-electron chi connectivity index (χ2n) is 4.11. The van der Waals surface area contributed by atoms with Crippen LogP contribution in [-0.4, -0.2) is 11.7 Å². The molecule has 80 valence electrons. The lowest BCUT2D eigenvalue weighted by atomic mass is 9.88. The lowest BCUT2D eigenvalue weighted by Gasteiger charge is -2.19. The van der Waals surface area contributed by atoms with Crippen LogP contribution in [0.2, 0.25) is 0 Å². The van der Waals surface area contributed by atoms with Crippen LogP contribution in [0.5, 0.6) is 0 Å². The van der Waals surface area contributed by atoms with Crippen molar-refractivity contribution in [3.63, 3.8) is 0 Å². The largest absolute Gasteiger partial charge is 0.396 e. The van der Waals surface area contributed by atoms with E-state index in [0.717, 1.165) is 12.3 Å². The maximum Gasteiger partial charge on any atom is 0.0459 e. The van der Waals surface area contributed by atoms with Crippen molar-refractivity contribution in [2.24, 2.45) is 11.8 Å². The van der Waals surface area contributed by atoms with Gasteiger partial charge in [0.2, 0.25) is 0 Å². The Morgan fingerprint density at radius 3 is 2.00 bits per heavy atom. The van der Waals surface area contributed by atoms with E-state index in [1.165, 1.54) is 32.1 Å². The van der Waals surface area contributed by atoms with Crippen LogP contribution >= 0.6 is 0 Å². The molecule has 0 aliphatic heterocycles. The first-order chi connectivity index (χ1) is 6.28. The zero-order valence-corrected chi connectivity index (χ0v) is 9.55. The molecular formula is C12H26O. The Bertz CT molecular complexity index is 97.3. The molecule has 0 bridgehead atoms. The third kappa shape index (κ3) is 6.09. The number of aliphatic hydroxyl groups excluding tert-OH is 1. The topological polar surface area (TPSA) is 20.2 Å². The molecule has 0 fully saturated rings. The van der Waals surface area contributed by atoms with Gasteiger partial charge in [0.05, 0.1) is 0 Å². The molecule has 0 heterocycles. The second kappa shape index (κ2) is 8.55. The van der Waals surface area contributed by atoms with Crippen molar-refractivity contribution in [1.82, 2.24) is 0 Å². The minimum Gasteiger partial charge on any atom is -0.396 e. The van der Waals surface area contributed by atoms with Crippen molar-refractivity contribution in [2.45, 2.75) is 59.3 Å². The summed E-state index contributed by atoms with van der Waals surface area (Å²) in [6.45, 7) is 7.06. The lowest BCUT2D eigenvalue weighted by molar-refractivity contribution is 0.191. The Morgan fingerprint density at radius 1 is 1.00 bits per heavy atom. The highest BCUT2D eigenvalue weighted by molar-refractivity contribution is 4.64. The molecule has 0 rings (SSSR count). The van der Waals surface area contributed by atoms with E-state index in [1.807, 2.05) is 0 Å². The Balaban J connectivity index is 3.67. The molecule has 1 N–H and O–H groups in total. The molecule has 0 saturated heterocycles. The van der Waals surface area contributed by atoms with E-state index in [1.54, 1.807) is 0 Å². The van der Waals surface area contributed by atoms with Gasteiger partial charge in [-0.25, -0.2) is 0 Å². The number of hydrogen-bond acceptors (Lipinski definition) is 1. The number of rotatable bonds is 8. The summed E-state index contributed by atoms with van der Waals surface area (Å²) in [7, 11) is 0. The summed E-state index contributed by atoms with van der Waals surface area (Å²) in [6, 6.07) is 0. The van der Waals surface area contributed by atoms with Gasteiger partial charge in [-0.05, 0) is 18.3 Å². The van der Waals surface area contributed by atoms with Crippen molar-refractivity contribution in [3.8, 4) is 0 Å². The molecule has 0 amide bonds. The van der Waals surface area contributed by atoms with E-state index in [2.05, 4.69) is 20.8 Å². The van der Waals surface area contributed by atoms with Crippen LogP contribution < -0.4 is 0 Å². The summed E-state index contributed by atoms with van der Waals surface area (Å²) in [5.74, 6) is 1.39. The molecule has 0 aliphatic carbocycles. The highest BCUT2D eigenvalue weighted by Gasteiger charge is 2.12. The highest BCUT2D eigenvalue weighted by Crippen LogP contribution is 2.22. The van der Waals surface area contributed by atoms with E-state index >= 15 is 0 Å². The molecule has 1 nitrogen and oxygen atoms in total. The predicted octanol–water partition coefficient (Wildman–Crippen LogP) is 3.61. The first kappa shape index (κ1) is 13.0. The average molecular weight is 186 g/mol. The van der Waals surface area contributed by atoms with E-state index < -0.39 is 0 Å². The SMILES string of the molecule is CCCCC(CC)CC(CC)CO. The minimum atomic E-state index is 0.374. The number of aliphatic hydroxyl groups is 1. The zero-order valence-electron chi connectivity index (χ0n) is 9.55. The van der Waals surface area contributed by atoms with Gasteiger partial charge in [-0.15, -0.1) is 0 Å². The van der Waals surface area contributed by atoms with E-state index in [-0.39, 0.29) is 0 Å². The van der Waals surface area contributed by atoms with Gasteiger partial charge < -0.3 is 5.11 Å². The van der Waals surface area contributed by atoms with Crippen molar-refractivity contribution >= 4 is 0 Å². The Kier molecular flexibility index (Phi) is 8.53. The zero-order chi connectivity index (χ0) is 10.1. The smallest absolute Gasteiger partial charge is 0.0459 e. The van der Waals surface area contributed by atoms with Gasteiger partial charge in [0.15, 0.2) is 0 Å². The normalized spacial score (nSPS) is 15.7. The molecule has 0 spiro atoms. The first-order valence-electron chi connectivity index (χ1n) is 5.89. The van der Waals surface area contributed by atoms with Crippen molar-refractivity contribution in [1.29, 1.82) is 0 Å². The van der Waals surface area contributed by atoms with Gasteiger partial charge in [0.25, 0.3) is 0 Å². The van der Waals surface area contributed by atoms with Crippen molar-refractivity contribution in [3.05, 3.63) is 0 Å². The van der Waals surface area contributed by atoms with E-state index in [4.69, 9.17) is 5.11 Å². The molecule has 0 aromatic rings. The monoisotopic (exact) mass is 186 g/mol. The molecule has 0 aromatic heterocycles. The molecule has 0 aliphatic rings. The summed E-state index contributed by atoms with van der Waals surface area (Å²) in [5.41, 5.74) is 0. The van der Waals surface area contributed by atoms with E-state index in [9.17, 15) is 0 Å². The van der Waals surface area contributed by atoms with Gasteiger partial charge in [0, 0.05) is 6.61 Å². The standard InChI is InChI=1S/C12H26O/c1-4-7-8-11(5-2)9-12(6-3)10-13/h11-13H,4-10H2,1-3H3. The Labute approximate surface area is 83.5 Å². The minimum absolute atomic E-state index is 0.374.